The number of benzene rings is 5. The molecular weight excluding hydrogens is 561 g/mol. The third-order valence-corrected chi connectivity index (χ3v) is 15.7. The van der Waals surface area contributed by atoms with Gasteiger partial charge < -0.3 is 0 Å². The first kappa shape index (κ1) is 24.5. The van der Waals surface area contributed by atoms with Crippen molar-refractivity contribution in [2.45, 2.75) is 78.1 Å². The second-order valence-corrected chi connectivity index (χ2v) is 19.4. The van der Waals surface area contributed by atoms with E-state index < -0.39 is 20.3 Å². The Kier molecular flexibility index (Phi) is 5.69. The molecule has 7 rings (SSSR count). The molecule has 2 aliphatic heterocycles. The van der Waals surface area contributed by atoms with Crippen molar-refractivity contribution in [3.8, 4) is 11.1 Å². The highest BCUT2D eigenvalue weighted by atomic mass is 32.2. The molecule has 42 heavy (non-hydrogen) atoms. The van der Waals surface area contributed by atoms with E-state index in [1.807, 2.05) is 43.0 Å². The highest BCUT2D eigenvalue weighted by molar-refractivity contribution is 8.00. The zero-order valence-corrected chi connectivity index (χ0v) is 27.8. The smallest absolute Gasteiger partial charge is 0.0896 e. The maximum Gasteiger partial charge on any atom is 0.113 e. The van der Waals surface area contributed by atoms with Crippen LogP contribution in [0.3, 0.4) is 0 Å². The van der Waals surface area contributed by atoms with Crippen molar-refractivity contribution in [3.63, 3.8) is 0 Å². The van der Waals surface area contributed by atoms with Gasteiger partial charge in [0.1, 0.15) is 8.07 Å². The Hall–Kier alpha value is -2.98. The molecule has 210 valence electrons. The molecule has 0 spiro atoms. The van der Waals surface area contributed by atoms with Gasteiger partial charge in [-0.25, -0.2) is 0 Å². The summed E-state index contributed by atoms with van der Waals surface area (Å²) in [4.78, 5) is 4.84. The average Bonchev–Trinajstić information content (AvgIpc) is 3.00. The summed E-state index contributed by atoms with van der Waals surface area (Å²) in [5, 5.41) is 2.65. The number of hydrogen-bond acceptors (Lipinski definition) is 2. The summed E-state index contributed by atoms with van der Waals surface area (Å²) in [5.41, 5.74) is 7.25. The highest BCUT2D eigenvalue weighted by Gasteiger charge is 2.38. The summed E-state index contributed by atoms with van der Waals surface area (Å²) < 4.78 is 26.1. The lowest BCUT2D eigenvalue weighted by molar-refractivity contribution is 0.608. The van der Waals surface area contributed by atoms with Gasteiger partial charge in [-0.2, -0.15) is 0 Å². The molecular formula is C39H38S2Si. The Labute approximate surface area is 265 Å². The first-order valence-electron chi connectivity index (χ1n) is 16.2. The van der Waals surface area contributed by atoms with Crippen LogP contribution in [0.15, 0.2) is 123 Å². The van der Waals surface area contributed by atoms with E-state index in [0.717, 1.165) is 20.9 Å². The van der Waals surface area contributed by atoms with Crippen molar-refractivity contribution in [2.24, 2.45) is 0 Å². The molecule has 0 saturated heterocycles. The van der Waals surface area contributed by atoms with E-state index in [4.69, 9.17) is 4.11 Å². The number of hydrogen-bond donors (Lipinski definition) is 0. The summed E-state index contributed by atoms with van der Waals surface area (Å²) in [7, 11) is -2.30. The van der Waals surface area contributed by atoms with Gasteiger partial charge in [0.2, 0.25) is 0 Å². The molecule has 0 radical (unpaired) electrons. The molecule has 0 aromatic heterocycles. The third-order valence-electron chi connectivity index (χ3n) is 9.58. The van der Waals surface area contributed by atoms with E-state index in [-0.39, 0.29) is 5.41 Å². The van der Waals surface area contributed by atoms with Crippen LogP contribution in [-0.4, -0.2) is 8.07 Å². The molecule has 3 heteroatoms. The van der Waals surface area contributed by atoms with E-state index in [9.17, 15) is 0 Å². The summed E-state index contributed by atoms with van der Waals surface area (Å²) >= 11 is 3.64. The van der Waals surface area contributed by atoms with Gasteiger partial charge in [-0.05, 0) is 63.2 Å². The molecule has 0 N–H and O–H groups in total. The van der Waals surface area contributed by atoms with Gasteiger partial charge in [-0.1, -0.05) is 160 Å². The zero-order valence-electron chi connectivity index (χ0n) is 28.1. The lowest BCUT2D eigenvalue weighted by Gasteiger charge is -2.38. The molecule has 1 atom stereocenters. The average molecular weight is 602 g/mol. The zero-order chi connectivity index (χ0) is 31.9. The summed E-state index contributed by atoms with van der Waals surface area (Å²) in [6.45, 7) is 11.5. The monoisotopic (exact) mass is 601 g/mol. The Bertz CT molecular complexity index is 1990. The fourth-order valence-corrected chi connectivity index (χ4v) is 13.2. The quantitative estimate of drug-likeness (QED) is 0.189. The minimum Gasteiger partial charge on any atom is -0.0896 e. The second kappa shape index (κ2) is 9.77. The summed E-state index contributed by atoms with van der Waals surface area (Å²) in [6.07, 6.45) is 0. The van der Waals surface area contributed by atoms with Gasteiger partial charge in [-0.15, -0.1) is 0 Å². The molecule has 0 amide bonds. The van der Waals surface area contributed by atoms with Crippen molar-refractivity contribution in [2.75, 3.05) is 0 Å². The molecule has 0 nitrogen and oxygen atoms in total. The molecule has 0 aliphatic carbocycles. The normalized spacial score (nSPS) is 19.8. The van der Waals surface area contributed by atoms with Crippen LogP contribution in [0.4, 0.5) is 0 Å². The van der Waals surface area contributed by atoms with Crippen molar-refractivity contribution < 1.29 is 4.11 Å². The van der Waals surface area contributed by atoms with Crippen molar-refractivity contribution in [1.29, 1.82) is 0 Å². The predicted octanol–water partition coefficient (Wildman–Crippen LogP) is 10.1. The first-order chi connectivity index (χ1) is 21.3. The first-order valence-corrected chi connectivity index (χ1v) is 19.3. The van der Waals surface area contributed by atoms with Crippen LogP contribution in [0.2, 0.25) is 13.1 Å². The SMILES string of the molecule is [2H]C([2H])([2H])C1(C)c2ccccc2Sc2c1cccc2[Si](C)(C)c1ccc(C)c(-c2cccc3c2Sc2ccccc2C3(C)C)c1. The largest absolute Gasteiger partial charge is 0.113 e. The fraction of sp³-hybridized carbons (Fsp3) is 0.231. The van der Waals surface area contributed by atoms with Crippen LogP contribution in [0, 0.1) is 6.92 Å². The van der Waals surface area contributed by atoms with Gasteiger partial charge in [0, 0.05) is 34.5 Å². The lowest BCUT2D eigenvalue weighted by atomic mass is 9.76. The van der Waals surface area contributed by atoms with Gasteiger partial charge >= 0.3 is 0 Å². The van der Waals surface area contributed by atoms with E-state index in [1.54, 1.807) is 11.8 Å². The Morgan fingerprint density at radius 2 is 1.17 bits per heavy atom. The number of fused-ring (bicyclic) bond motifs is 4. The van der Waals surface area contributed by atoms with E-state index >= 15 is 0 Å². The minimum absolute atomic E-state index is 0.0846. The molecule has 0 saturated carbocycles. The molecule has 0 fully saturated rings. The van der Waals surface area contributed by atoms with Crippen molar-refractivity contribution in [3.05, 3.63) is 131 Å². The van der Waals surface area contributed by atoms with Crippen molar-refractivity contribution in [1.82, 2.24) is 0 Å². The topological polar surface area (TPSA) is 0 Å². The Morgan fingerprint density at radius 1 is 0.595 bits per heavy atom. The molecule has 1 unspecified atom stereocenters. The highest BCUT2D eigenvalue weighted by Crippen LogP contribution is 2.52. The Balaban J connectivity index is 1.38. The van der Waals surface area contributed by atoms with Crippen LogP contribution < -0.4 is 10.4 Å². The van der Waals surface area contributed by atoms with Crippen LogP contribution in [0.25, 0.3) is 11.1 Å². The lowest BCUT2D eigenvalue weighted by Crippen LogP contribution is -2.54. The van der Waals surface area contributed by atoms with Crippen LogP contribution >= 0.6 is 23.5 Å². The van der Waals surface area contributed by atoms with E-state index in [1.165, 1.54) is 48.0 Å². The standard InChI is InChI=1S/C39H38S2Si/c1-25-22-23-26(24-28(25)27-14-12-17-31-36(27)40-33-19-10-8-15-29(33)38(31,2)3)42(6,7)35-21-13-18-32-37(35)41-34-20-11-9-16-30(34)39(32,4)5/h8-24H,1-7H3/i4D3. The third kappa shape index (κ3) is 4.12. The number of rotatable bonds is 3. The minimum atomic E-state index is -2.30. The second-order valence-electron chi connectivity index (χ2n) is 13.0. The van der Waals surface area contributed by atoms with Gasteiger partial charge in [0.05, 0.1) is 0 Å². The Morgan fingerprint density at radius 3 is 1.86 bits per heavy atom. The van der Waals surface area contributed by atoms with Gasteiger partial charge in [0.25, 0.3) is 0 Å². The van der Waals surface area contributed by atoms with E-state index in [0.29, 0.717) is 0 Å². The van der Waals surface area contributed by atoms with Crippen molar-refractivity contribution >= 4 is 42.0 Å². The van der Waals surface area contributed by atoms with Crippen LogP contribution in [0.1, 0.15) is 59.6 Å². The molecule has 2 heterocycles. The summed E-state index contributed by atoms with van der Waals surface area (Å²) in [6, 6.07) is 37.1. The molecule has 0 bridgehead atoms. The van der Waals surface area contributed by atoms with E-state index in [2.05, 4.69) is 113 Å². The maximum absolute atomic E-state index is 8.71. The van der Waals surface area contributed by atoms with Crippen LogP contribution in [-0.2, 0) is 10.8 Å². The molecule has 5 aromatic rings. The summed E-state index contributed by atoms with van der Waals surface area (Å²) in [5.74, 6) is 0. The molecule has 5 aromatic carbocycles. The van der Waals surface area contributed by atoms with Crippen LogP contribution in [0.5, 0.6) is 0 Å². The number of aryl methyl sites for hydroxylation is 1. The molecule has 2 aliphatic rings. The van der Waals surface area contributed by atoms with Gasteiger partial charge in [-0.3, -0.25) is 0 Å². The fourth-order valence-electron chi connectivity index (χ4n) is 6.89. The predicted molar refractivity (Wildman–Crippen MR) is 185 cm³/mol. The van der Waals surface area contributed by atoms with Gasteiger partial charge in [0.15, 0.2) is 0 Å². The maximum atomic E-state index is 8.71.